The van der Waals surface area contributed by atoms with E-state index in [4.69, 9.17) is 4.99 Å². The van der Waals surface area contributed by atoms with Crippen LogP contribution in [0.1, 0.15) is 66.7 Å². The van der Waals surface area contributed by atoms with Crippen LogP contribution >= 0.6 is 0 Å². The van der Waals surface area contributed by atoms with Gasteiger partial charge in [0, 0.05) is 38.8 Å². The molecule has 1 aliphatic rings. The molecule has 1 atom stereocenters. The van der Waals surface area contributed by atoms with Crippen LogP contribution in [0.5, 0.6) is 0 Å². The van der Waals surface area contributed by atoms with E-state index in [9.17, 15) is 5.11 Å². The molecule has 1 aliphatic heterocycles. The Morgan fingerprint density at radius 2 is 1.96 bits per heavy atom. The number of rotatable bonds is 10. The van der Waals surface area contributed by atoms with E-state index in [0.717, 1.165) is 44.9 Å². The lowest BCUT2D eigenvalue weighted by Gasteiger charge is -2.35. The van der Waals surface area contributed by atoms with Crippen LogP contribution in [0.2, 0.25) is 0 Å². The molecule has 1 fully saturated rings. The lowest BCUT2D eigenvalue weighted by atomic mass is 9.79. The van der Waals surface area contributed by atoms with E-state index in [2.05, 4.69) is 50.2 Å². The Balaban J connectivity index is 2.60. The van der Waals surface area contributed by atoms with Gasteiger partial charge in [0.25, 0.3) is 0 Å². The number of nitrogens with zero attached hydrogens (tertiary/aromatic N) is 2. The van der Waals surface area contributed by atoms with E-state index >= 15 is 0 Å². The standard InChI is InChI=1S/C20H42N4O/c1-6-20(7-2,11-13-25)16-23-19(21-8-3)22-14-18-10-9-12-24(15-18)17(4)5/h17-18,25H,6-16H2,1-5H3,(H2,21,22,23). The highest BCUT2D eigenvalue weighted by atomic mass is 16.3. The first-order valence-corrected chi connectivity index (χ1v) is 10.4. The molecule has 1 unspecified atom stereocenters. The maximum absolute atomic E-state index is 9.39. The quantitative estimate of drug-likeness (QED) is 0.417. The Hall–Kier alpha value is -0.810. The fourth-order valence-electron chi connectivity index (χ4n) is 3.71. The number of aliphatic imine (C=N–C) groups is 1. The van der Waals surface area contributed by atoms with Crippen LogP contribution in [0.4, 0.5) is 0 Å². The Bertz CT molecular complexity index is 380. The van der Waals surface area contributed by atoms with Gasteiger partial charge in [0.2, 0.25) is 0 Å². The summed E-state index contributed by atoms with van der Waals surface area (Å²) in [6, 6.07) is 0.637. The number of likely N-dealkylation sites (tertiary alicyclic amines) is 1. The topological polar surface area (TPSA) is 59.9 Å². The third-order valence-corrected chi connectivity index (χ3v) is 5.90. The van der Waals surface area contributed by atoms with Gasteiger partial charge in [-0.2, -0.15) is 0 Å². The zero-order valence-corrected chi connectivity index (χ0v) is 17.3. The average molecular weight is 355 g/mol. The lowest BCUT2D eigenvalue weighted by Crippen LogP contribution is -2.46. The van der Waals surface area contributed by atoms with Gasteiger partial charge < -0.3 is 20.6 Å². The summed E-state index contributed by atoms with van der Waals surface area (Å²) < 4.78 is 0. The maximum Gasteiger partial charge on any atom is 0.191 e. The van der Waals surface area contributed by atoms with E-state index in [1.165, 1.54) is 25.9 Å². The predicted octanol–water partition coefficient (Wildman–Crippen LogP) is 2.85. The van der Waals surface area contributed by atoms with Crippen molar-refractivity contribution in [3.05, 3.63) is 0 Å². The average Bonchev–Trinajstić information content (AvgIpc) is 2.63. The highest BCUT2D eigenvalue weighted by Crippen LogP contribution is 2.30. The zero-order chi connectivity index (χ0) is 18.7. The number of aliphatic hydroxyl groups excluding tert-OH is 1. The molecule has 0 aromatic carbocycles. The number of hydrogen-bond donors (Lipinski definition) is 3. The predicted molar refractivity (Wildman–Crippen MR) is 108 cm³/mol. The first kappa shape index (κ1) is 22.2. The first-order chi connectivity index (χ1) is 12.0. The third-order valence-electron chi connectivity index (χ3n) is 5.90. The molecule has 3 N–H and O–H groups in total. The van der Waals surface area contributed by atoms with Gasteiger partial charge in [0.05, 0.1) is 0 Å². The van der Waals surface area contributed by atoms with Crippen LogP contribution < -0.4 is 10.6 Å². The molecule has 5 nitrogen and oxygen atoms in total. The minimum Gasteiger partial charge on any atom is -0.396 e. The molecule has 0 aromatic rings. The highest BCUT2D eigenvalue weighted by Gasteiger charge is 2.26. The van der Waals surface area contributed by atoms with Gasteiger partial charge >= 0.3 is 0 Å². The van der Waals surface area contributed by atoms with Crippen LogP contribution in [0, 0.1) is 11.3 Å². The SMILES string of the molecule is CCNC(=NCC(CC)(CC)CCO)NCC1CCCN(C(C)C)C1. The summed E-state index contributed by atoms with van der Waals surface area (Å²) in [5, 5.41) is 16.3. The van der Waals surface area contributed by atoms with Gasteiger partial charge in [-0.1, -0.05) is 13.8 Å². The summed E-state index contributed by atoms with van der Waals surface area (Å²) in [5.74, 6) is 1.62. The summed E-state index contributed by atoms with van der Waals surface area (Å²) in [4.78, 5) is 7.44. The molecule has 0 saturated carbocycles. The number of guanidine groups is 1. The molecule has 0 aliphatic carbocycles. The molecule has 5 heteroatoms. The molecule has 25 heavy (non-hydrogen) atoms. The summed E-state index contributed by atoms with van der Waals surface area (Å²) in [7, 11) is 0. The largest absolute Gasteiger partial charge is 0.396 e. The fraction of sp³-hybridized carbons (Fsp3) is 0.950. The summed E-state index contributed by atoms with van der Waals surface area (Å²) in [5.41, 5.74) is 0.121. The Kier molecular flexibility index (Phi) is 10.4. The van der Waals surface area contributed by atoms with Crippen molar-refractivity contribution in [2.45, 2.75) is 72.8 Å². The van der Waals surface area contributed by atoms with Crippen molar-refractivity contribution in [2.24, 2.45) is 16.3 Å². The van der Waals surface area contributed by atoms with E-state index in [1.807, 2.05) is 0 Å². The fourth-order valence-corrected chi connectivity index (χ4v) is 3.71. The molecule has 0 radical (unpaired) electrons. The molecule has 0 bridgehead atoms. The minimum atomic E-state index is 0.121. The van der Waals surface area contributed by atoms with Crippen LogP contribution in [0.25, 0.3) is 0 Å². The number of hydrogen-bond acceptors (Lipinski definition) is 3. The summed E-state index contributed by atoms with van der Waals surface area (Å²) >= 11 is 0. The van der Waals surface area contributed by atoms with E-state index in [1.54, 1.807) is 0 Å². The van der Waals surface area contributed by atoms with E-state index in [-0.39, 0.29) is 12.0 Å². The maximum atomic E-state index is 9.39. The molecular formula is C20H42N4O. The normalized spacial score (nSPS) is 20.1. The van der Waals surface area contributed by atoms with Crippen LogP contribution in [0.15, 0.2) is 4.99 Å². The molecule has 148 valence electrons. The van der Waals surface area contributed by atoms with Crippen LogP contribution in [-0.2, 0) is 0 Å². The van der Waals surface area contributed by atoms with E-state index < -0.39 is 0 Å². The van der Waals surface area contributed by atoms with Gasteiger partial charge in [-0.05, 0) is 70.8 Å². The molecule has 0 spiro atoms. The second-order valence-electron chi connectivity index (χ2n) is 7.85. The Morgan fingerprint density at radius 3 is 2.52 bits per heavy atom. The second-order valence-corrected chi connectivity index (χ2v) is 7.85. The Morgan fingerprint density at radius 1 is 1.24 bits per heavy atom. The van der Waals surface area contributed by atoms with Crippen molar-refractivity contribution in [2.75, 3.05) is 39.3 Å². The van der Waals surface area contributed by atoms with Crippen molar-refractivity contribution < 1.29 is 5.11 Å². The van der Waals surface area contributed by atoms with Crippen molar-refractivity contribution in [1.29, 1.82) is 0 Å². The molecule has 0 aromatic heterocycles. The number of nitrogens with one attached hydrogen (secondary N) is 2. The monoisotopic (exact) mass is 354 g/mol. The molecular weight excluding hydrogens is 312 g/mol. The molecule has 1 rings (SSSR count). The zero-order valence-electron chi connectivity index (χ0n) is 17.3. The summed E-state index contributed by atoms with van der Waals surface area (Å²) in [6.07, 6.45) is 5.53. The molecule has 0 amide bonds. The Labute approximate surface area is 155 Å². The van der Waals surface area contributed by atoms with Gasteiger partial charge in [0.15, 0.2) is 5.96 Å². The second kappa shape index (κ2) is 11.7. The van der Waals surface area contributed by atoms with Crippen molar-refractivity contribution in [1.82, 2.24) is 15.5 Å². The van der Waals surface area contributed by atoms with Crippen LogP contribution in [-0.4, -0.2) is 61.3 Å². The lowest BCUT2D eigenvalue weighted by molar-refractivity contribution is 0.141. The van der Waals surface area contributed by atoms with Gasteiger partial charge in [-0.25, -0.2) is 0 Å². The number of aliphatic hydroxyl groups is 1. The van der Waals surface area contributed by atoms with E-state index in [0.29, 0.717) is 12.0 Å². The smallest absolute Gasteiger partial charge is 0.191 e. The van der Waals surface area contributed by atoms with Gasteiger partial charge in [-0.15, -0.1) is 0 Å². The third kappa shape index (κ3) is 7.53. The van der Waals surface area contributed by atoms with Crippen molar-refractivity contribution in [3.63, 3.8) is 0 Å². The highest BCUT2D eigenvalue weighted by molar-refractivity contribution is 5.79. The summed E-state index contributed by atoms with van der Waals surface area (Å²) in [6.45, 7) is 16.4. The van der Waals surface area contributed by atoms with Gasteiger partial charge in [0.1, 0.15) is 0 Å². The van der Waals surface area contributed by atoms with Crippen molar-refractivity contribution >= 4 is 5.96 Å². The minimum absolute atomic E-state index is 0.121. The first-order valence-electron chi connectivity index (χ1n) is 10.4. The van der Waals surface area contributed by atoms with Crippen molar-refractivity contribution in [3.8, 4) is 0 Å². The molecule has 1 heterocycles. The van der Waals surface area contributed by atoms with Crippen LogP contribution in [0.3, 0.4) is 0 Å². The van der Waals surface area contributed by atoms with Gasteiger partial charge in [-0.3, -0.25) is 4.99 Å². The molecule has 1 saturated heterocycles. The number of piperidine rings is 1.